The highest BCUT2D eigenvalue weighted by molar-refractivity contribution is 5.83. The molecule has 0 radical (unpaired) electrons. The van der Waals surface area contributed by atoms with Gasteiger partial charge < -0.3 is 5.32 Å². The molecule has 144 valence electrons. The zero-order valence-electron chi connectivity index (χ0n) is 15.0. The third-order valence-electron chi connectivity index (χ3n) is 5.48. The molecule has 1 N–H and O–H groups in total. The molecule has 5 nitrogen and oxygen atoms in total. The van der Waals surface area contributed by atoms with E-state index < -0.39 is 11.9 Å². The molecule has 0 aliphatic heterocycles. The third-order valence-corrected chi connectivity index (χ3v) is 5.48. The van der Waals surface area contributed by atoms with Crippen LogP contribution in [-0.2, 0) is 6.42 Å². The van der Waals surface area contributed by atoms with Crippen LogP contribution in [0.2, 0.25) is 0 Å². The van der Waals surface area contributed by atoms with Gasteiger partial charge in [-0.05, 0) is 36.1 Å². The van der Waals surface area contributed by atoms with Crippen molar-refractivity contribution in [3.05, 3.63) is 59.6 Å². The van der Waals surface area contributed by atoms with Crippen molar-refractivity contribution in [3.63, 3.8) is 0 Å². The van der Waals surface area contributed by atoms with Crippen LogP contribution in [-0.4, -0.2) is 31.3 Å². The van der Waals surface area contributed by atoms with Crippen molar-refractivity contribution in [2.75, 3.05) is 5.32 Å². The van der Waals surface area contributed by atoms with E-state index in [4.69, 9.17) is 0 Å². The van der Waals surface area contributed by atoms with Crippen LogP contribution in [0.25, 0.3) is 11.2 Å². The largest absolute Gasteiger partial charge is 0.351 e. The van der Waals surface area contributed by atoms with Gasteiger partial charge in [-0.2, -0.15) is 4.39 Å². The Hall–Kier alpha value is -2.90. The third kappa shape index (κ3) is 3.02. The fourth-order valence-electron chi connectivity index (χ4n) is 3.93. The number of pyridine rings is 1. The van der Waals surface area contributed by atoms with Crippen LogP contribution in [0.3, 0.4) is 0 Å². The molecule has 5 rings (SSSR count). The number of aromatic nitrogens is 4. The van der Waals surface area contributed by atoms with Crippen LogP contribution >= 0.6 is 0 Å². The van der Waals surface area contributed by atoms with E-state index in [1.165, 1.54) is 10.6 Å². The Morgan fingerprint density at radius 2 is 1.93 bits per heavy atom. The number of nitrogens with zero attached hydrogens (tertiary/aromatic N) is 4. The fraction of sp³-hybridized carbons (Fsp3) is 0.350. The van der Waals surface area contributed by atoms with Gasteiger partial charge in [0.1, 0.15) is 5.65 Å². The predicted molar refractivity (Wildman–Crippen MR) is 98.8 cm³/mol. The van der Waals surface area contributed by atoms with Crippen molar-refractivity contribution >= 4 is 17.2 Å². The second-order valence-corrected chi connectivity index (χ2v) is 7.38. The Bertz CT molecular complexity index is 1080. The topological polar surface area (TPSA) is 55.1 Å². The molecule has 2 aliphatic rings. The van der Waals surface area contributed by atoms with E-state index in [2.05, 4.69) is 20.3 Å². The van der Waals surface area contributed by atoms with Crippen LogP contribution in [0, 0.1) is 5.95 Å². The first-order chi connectivity index (χ1) is 13.5. The number of hydrogen-bond donors (Lipinski definition) is 1. The molecule has 28 heavy (non-hydrogen) atoms. The standard InChI is InChI=1S/C20H18F3N5/c21-17-10-24-18-4-1-12(11-28(17)18)14-2-3-16-15(14)9-25-19(27-16)26-13-5-7-20(22,23)8-6-13/h1-2,4,9-11,13H,3,5-8H2,(H,25,26,27). The Morgan fingerprint density at radius 3 is 2.75 bits per heavy atom. The van der Waals surface area contributed by atoms with Gasteiger partial charge >= 0.3 is 0 Å². The number of imidazole rings is 1. The van der Waals surface area contributed by atoms with Crippen LogP contribution < -0.4 is 5.32 Å². The molecule has 3 heterocycles. The lowest BCUT2D eigenvalue weighted by molar-refractivity contribution is -0.0361. The van der Waals surface area contributed by atoms with Crippen LogP contribution in [0.5, 0.6) is 0 Å². The van der Waals surface area contributed by atoms with E-state index >= 15 is 0 Å². The Morgan fingerprint density at radius 1 is 1.11 bits per heavy atom. The van der Waals surface area contributed by atoms with E-state index in [-0.39, 0.29) is 18.9 Å². The van der Waals surface area contributed by atoms with E-state index in [0.29, 0.717) is 30.9 Å². The van der Waals surface area contributed by atoms with Gasteiger partial charge in [-0.15, -0.1) is 0 Å². The summed E-state index contributed by atoms with van der Waals surface area (Å²) in [4.78, 5) is 13.0. The number of alkyl halides is 2. The van der Waals surface area contributed by atoms with Crippen LogP contribution in [0.15, 0.2) is 36.8 Å². The molecule has 0 amide bonds. The number of anilines is 1. The summed E-state index contributed by atoms with van der Waals surface area (Å²) < 4.78 is 41.9. The summed E-state index contributed by atoms with van der Waals surface area (Å²) in [7, 11) is 0. The maximum Gasteiger partial charge on any atom is 0.248 e. The van der Waals surface area contributed by atoms with Crippen LogP contribution in [0.4, 0.5) is 19.1 Å². The first kappa shape index (κ1) is 17.2. The Labute approximate surface area is 159 Å². The summed E-state index contributed by atoms with van der Waals surface area (Å²) >= 11 is 0. The molecule has 0 aromatic carbocycles. The number of halogens is 3. The second kappa shape index (κ2) is 6.32. The molecular weight excluding hydrogens is 367 g/mol. The zero-order valence-corrected chi connectivity index (χ0v) is 15.0. The average molecular weight is 385 g/mol. The fourth-order valence-corrected chi connectivity index (χ4v) is 3.93. The summed E-state index contributed by atoms with van der Waals surface area (Å²) in [6.07, 6.45) is 7.96. The summed E-state index contributed by atoms with van der Waals surface area (Å²) in [5.74, 6) is -2.49. The molecule has 1 saturated carbocycles. The SMILES string of the molecule is Fc1cnc2ccc(C3=CCc4nc(NC5CCC(F)(F)CC5)ncc43)cn12. The number of hydrogen-bond acceptors (Lipinski definition) is 4. The Kier molecular flexibility index (Phi) is 3.89. The quantitative estimate of drug-likeness (QED) is 0.733. The van der Waals surface area contributed by atoms with Gasteiger partial charge in [-0.25, -0.2) is 23.7 Å². The minimum Gasteiger partial charge on any atom is -0.351 e. The summed E-state index contributed by atoms with van der Waals surface area (Å²) in [6, 6.07) is 3.64. The lowest BCUT2D eigenvalue weighted by atomic mass is 9.92. The van der Waals surface area contributed by atoms with Crippen LogP contribution in [0.1, 0.15) is 42.5 Å². The van der Waals surface area contributed by atoms with Crippen molar-refractivity contribution < 1.29 is 13.2 Å². The first-order valence-corrected chi connectivity index (χ1v) is 9.32. The van der Waals surface area contributed by atoms with Gasteiger partial charge in [-0.1, -0.05) is 6.08 Å². The minimum absolute atomic E-state index is 0.0295. The van der Waals surface area contributed by atoms with E-state index in [1.54, 1.807) is 18.5 Å². The molecule has 3 aromatic rings. The van der Waals surface area contributed by atoms with Gasteiger partial charge in [0.05, 0.1) is 11.9 Å². The average Bonchev–Trinajstić information content (AvgIpc) is 3.27. The van der Waals surface area contributed by atoms with Crippen molar-refractivity contribution in [1.29, 1.82) is 0 Å². The van der Waals surface area contributed by atoms with Crippen molar-refractivity contribution in [2.45, 2.75) is 44.1 Å². The van der Waals surface area contributed by atoms with E-state index in [9.17, 15) is 13.2 Å². The molecule has 0 atom stereocenters. The highest BCUT2D eigenvalue weighted by Crippen LogP contribution is 2.35. The summed E-state index contributed by atoms with van der Waals surface area (Å²) in [5.41, 5.74) is 4.14. The lowest BCUT2D eigenvalue weighted by Gasteiger charge is -2.28. The molecule has 2 aliphatic carbocycles. The summed E-state index contributed by atoms with van der Waals surface area (Å²) in [5, 5.41) is 3.19. The number of rotatable bonds is 3. The normalized spacial score (nSPS) is 18.9. The van der Waals surface area contributed by atoms with Crippen molar-refractivity contribution in [2.24, 2.45) is 0 Å². The first-order valence-electron chi connectivity index (χ1n) is 9.32. The van der Waals surface area contributed by atoms with Gasteiger partial charge in [0.2, 0.25) is 17.8 Å². The van der Waals surface area contributed by atoms with Gasteiger partial charge in [0, 0.05) is 43.3 Å². The second-order valence-electron chi connectivity index (χ2n) is 7.38. The lowest BCUT2D eigenvalue weighted by Crippen LogP contribution is -2.32. The molecule has 8 heteroatoms. The number of nitrogens with one attached hydrogen (secondary N) is 1. The Balaban J connectivity index is 1.36. The molecule has 0 bridgehead atoms. The molecular formula is C20H18F3N5. The van der Waals surface area contributed by atoms with Gasteiger partial charge in [0.15, 0.2) is 0 Å². The van der Waals surface area contributed by atoms with Gasteiger partial charge in [-0.3, -0.25) is 4.40 Å². The number of allylic oxidation sites excluding steroid dienone is 1. The molecule has 0 spiro atoms. The van der Waals surface area contributed by atoms with Crippen molar-refractivity contribution in [1.82, 2.24) is 19.4 Å². The van der Waals surface area contributed by atoms with E-state index in [1.807, 2.05) is 12.1 Å². The van der Waals surface area contributed by atoms with Crippen molar-refractivity contribution in [3.8, 4) is 0 Å². The molecule has 0 unspecified atom stereocenters. The van der Waals surface area contributed by atoms with E-state index in [0.717, 1.165) is 22.4 Å². The maximum atomic E-state index is 13.8. The smallest absolute Gasteiger partial charge is 0.248 e. The zero-order chi connectivity index (χ0) is 19.3. The highest BCUT2D eigenvalue weighted by Gasteiger charge is 2.35. The minimum atomic E-state index is -2.55. The monoisotopic (exact) mass is 385 g/mol. The summed E-state index contributed by atoms with van der Waals surface area (Å²) in [6.45, 7) is 0. The highest BCUT2D eigenvalue weighted by atomic mass is 19.3. The molecule has 1 fully saturated rings. The van der Waals surface area contributed by atoms with Gasteiger partial charge in [0.25, 0.3) is 0 Å². The number of fused-ring (bicyclic) bond motifs is 2. The molecule has 3 aromatic heterocycles. The maximum absolute atomic E-state index is 13.8. The molecule has 0 saturated heterocycles. The predicted octanol–water partition coefficient (Wildman–Crippen LogP) is 4.24.